The van der Waals surface area contributed by atoms with Gasteiger partial charge in [-0.1, -0.05) is 13.8 Å². The number of hydrogen-bond acceptors (Lipinski definition) is 5. The van der Waals surface area contributed by atoms with E-state index in [1.807, 2.05) is 31.2 Å². The Bertz CT molecular complexity index is 1060. The summed E-state index contributed by atoms with van der Waals surface area (Å²) in [5, 5.41) is 2.89. The third-order valence-corrected chi connectivity index (χ3v) is 6.57. The Morgan fingerprint density at radius 2 is 1.76 bits per heavy atom. The van der Waals surface area contributed by atoms with E-state index in [1.165, 1.54) is 17.7 Å². The second-order valence-electron chi connectivity index (χ2n) is 9.30. The number of nitrogens with zero attached hydrogens (tertiary/aromatic N) is 2. The molecule has 0 saturated carbocycles. The van der Waals surface area contributed by atoms with E-state index in [0.29, 0.717) is 29.1 Å². The van der Waals surface area contributed by atoms with Crippen molar-refractivity contribution >= 4 is 34.7 Å². The van der Waals surface area contributed by atoms with Gasteiger partial charge in [-0.25, -0.2) is 0 Å². The summed E-state index contributed by atoms with van der Waals surface area (Å²) in [6.45, 7) is 7.83. The van der Waals surface area contributed by atoms with Gasteiger partial charge in [0.15, 0.2) is 11.9 Å². The molecule has 0 bridgehead atoms. The van der Waals surface area contributed by atoms with Crippen molar-refractivity contribution in [3.8, 4) is 5.75 Å². The highest BCUT2D eigenvalue weighted by molar-refractivity contribution is 6.07. The first kappa shape index (κ1) is 23.8. The number of nitrogens with one attached hydrogen (secondary N) is 1. The van der Waals surface area contributed by atoms with E-state index in [-0.39, 0.29) is 24.1 Å². The lowest BCUT2D eigenvalue weighted by molar-refractivity contribution is -0.127. The number of carbonyl (C=O) groups is 3. The molecule has 34 heavy (non-hydrogen) atoms. The van der Waals surface area contributed by atoms with Crippen LogP contribution in [0.4, 0.5) is 17.1 Å². The van der Waals surface area contributed by atoms with Crippen LogP contribution in [0, 0.1) is 5.92 Å². The number of fused-ring (bicyclic) bond motifs is 1. The van der Waals surface area contributed by atoms with Crippen LogP contribution in [0.1, 0.15) is 56.8 Å². The smallest absolute Gasteiger partial charge is 0.268 e. The maximum Gasteiger partial charge on any atom is 0.268 e. The van der Waals surface area contributed by atoms with Crippen molar-refractivity contribution in [1.82, 2.24) is 0 Å². The summed E-state index contributed by atoms with van der Waals surface area (Å²) in [5.74, 6) is 0.652. The van der Waals surface area contributed by atoms with E-state index in [4.69, 9.17) is 4.74 Å². The number of amides is 2. The molecular weight excluding hydrogens is 430 g/mol. The Kier molecular flexibility index (Phi) is 7.20. The van der Waals surface area contributed by atoms with E-state index in [9.17, 15) is 14.4 Å². The van der Waals surface area contributed by atoms with Gasteiger partial charge >= 0.3 is 0 Å². The Labute approximate surface area is 201 Å². The summed E-state index contributed by atoms with van der Waals surface area (Å²) in [5.41, 5.74) is 2.80. The summed E-state index contributed by atoms with van der Waals surface area (Å²) >= 11 is 0. The maximum absolute atomic E-state index is 12.9. The third kappa shape index (κ3) is 5.24. The number of hydrogen-bond donors (Lipinski definition) is 1. The van der Waals surface area contributed by atoms with Crippen molar-refractivity contribution in [2.75, 3.05) is 34.8 Å². The lowest BCUT2D eigenvalue weighted by Crippen LogP contribution is -2.47. The first-order valence-electron chi connectivity index (χ1n) is 12.2. The fourth-order valence-corrected chi connectivity index (χ4v) is 4.48. The molecule has 0 aromatic heterocycles. The summed E-state index contributed by atoms with van der Waals surface area (Å²) in [6, 6.07) is 12.9. The number of rotatable bonds is 7. The van der Waals surface area contributed by atoms with Gasteiger partial charge in [0, 0.05) is 36.4 Å². The Morgan fingerprint density at radius 3 is 2.44 bits per heavy atom. The average Bonchev–Trinajstić information content (AvgIpc) is 2.83. The number of anilines is 3. The molecule has 2 aliphatic rings. The molecule has 1 saturated heterocycles. The summed E-state index contributed by atoms with van der Waals surface area (Å²) < 4.78 is 5.71. The third-order valence-electron chi connectivity index (χ3n) is 6.57. The number of benzene rings is 2. The normalized spacial score (nSPS) is 18.3. The molecule has 4 rings (SSSR count). The molecule has 0 aliphatic carbocycles. The molecule has 1 unspecified atom stereocenters. The molecule has 0 radical (unpaired) electrons. The number of carbonyl (C=O) groups excluding carboxylic acids is 3. The topological polar surface area (TPSA) is 79.0 Å². The molecule has 0 spiro atoms. The molecule has 2 aromatic rings. The molecule has 2 heterocycles. The van der Waals surface area contributed by atoms with Crippen molar-refractivity contribution < 1.29 is 19.1 Å². The van der Waals surface area contributed by atoms with Gasteiger partial charge in [0.2, 0.25) is 5.91 Å². The van der Waals surface area contributed by atoms with Gasteiger partial charge in [-0.2, -0.15) is 0 Å². The molecule has 7 nitrogen and oxygen atoms in total. The van der Waals surface area contributed by atoms with Gasteiger partial charge in [0.25, 0.3) is 5.91 Å². The minimum Gasteiger partial charge on any atom is -0.479 e. The summed E-state index contributed by atoms with van der Waals surface area (Å²) in [6.07, 6.45) is 2.85. The highest BCUT2D eigenvalue weighted by atomic mass is 16.5. The van der Waals surface area contributed by atoms with Gasteiger partial charge in [-0.05, 0) is 74.6 Å². The molecule has 180 valence electrons. The van der Waals surface area contributed by atoms with E-state index in [2.05, 4.69) is 17.1 Å². The number of Topliss-reactive ketones (excluding diaryl/α,β-unsaturated/α-hetero) is 1. The Hall–Kier alpha value is -3.35. The average molecular weight is 464 g/mol. The van der Waals surface area contributed by atoms with Crippen LogP contribution in [0.25, 0.3) is 0 Å². The zero-order valence-electron chi connectivity index (χ0n) is 20.2. The van der Waals surface area contributed by atoms with Crippen LogP contribution >= 0.6 is 0 Å². The first-order valence-corrected chi connectivity index (χ1v) is 12.2. The lowest BCUT2D eigenvalue weighted by atomic mass is 9.99. The molecule has 2 amide bonds. The second kappa shape index (κ2) is 10.3. The maximum atomic E-state index is 12.9. The van der Waals surface area contributed by atoms with Gasteiger partial charge in [0.1, 0.15) is 12.3 Å². The molecule has 7 heteroatoms. The summed E-state index contributed by atoms with van der Waals surface area (Å²) in [4.78, 5) is 41.9. The Morgan fingerprint density at radius 1 is 1.06 bits per heavy atom. The first-order chi connectivity index (χ1) is 16.4. The molecule has 1 N–H and O–H groups in total. The Balaban J connectivity index is 1.45. The van der Waals surface area contributed by atoms with Crippen LogP contribution in [-0.2, 0) is 9.59 Å². The largest absolute Gasteiger partial charge is 0.479 e. The van der Waals surface area contributed by atoms with Crippen molar-refractivity contribution in [3.05, 3.63) is 48.0 Å². The van der Waals surface area contributed by atoms with Crippen LogP contribution in [0.3, 0.4) is 0 Å². The number of ketones is 1. The molecule has 1 fully saturated rings. The van der Waals surface area contributed by atoms with Crippen LogP contribution in [0.2, 0.25) is 0 Å². The van der Waals surface area contributed by atoms with E-state index < -0.39 is 6.10 Å². The van der Waals surface area contributed by atoms with Gasteiger partial charge in [-0.3, -0.25) is 19.3 Å². The number of ether oxygens (including phenoxy) is 1. The predicted octanol–water partition coefficient (Wildman–Crippen LogP) is 4.66. The molecule has 2 aliphatic heterocycles. The minimum absolute atomic E-state index is 0.00373. The van der Waals surface area contributed by atoms with Gasteiger partial charge in [-0.15, -0.1) is 0 Å². The van der Waals surface area contributed by atoms with Gasteiger partial charge in [0.05, 0.1) is 5.69 Å². The highest BCUT2D eigenvalue weighted by Crippen LogP contribution is 2.35. The fourth-order valence-electron chi connectivity index (χ4n) is 4.48. The molecule has 2 aromatic carbocycles. The van der Waals surface area contributed by atoms with Crippen molar-refractivity contribution in [1.29, 1.82) is 0 Å². The monoisotopic (exact) mass is 463 g/mol. The SMILES string of the molecule is CCCC(=O)c1ccc2c(c1)N(CC(=O)Nc1ccc(N3CCC(C)CC3)cc1)C(=O)C(C)O2. The standard InChI is InChI=1S/C27H33N3O4/c1-4-5-24(31)20-6-11-25-23(16-20)30(27(33)19(3)34-25)17-26(32)28-21-7-9-22(10-8-21)29-14-12-18(2)13-15-29/h6-11,16,18-19H,4-5,12-15,17H2,1-3H3,(H,28,32). The quantitative estimate of drug-likeness (QED) is 0.605. The zero-order chi connectivity index (χ0) is 24.2. The highest BCUT2D eigenvalue weighted by Gasteiger charge is 2.33. The van der Waals surface area contributed by atoms with Crippen LogP contribution in [0.15, 0.2) is 42.5 Å². The van der Waals surface area contributed by atoms with E-state index in [0.717, 1.165) is 31.1 Å². The second-order valence-corrected chi connectivity index (χ2v) is 9.30. The molecular formula is C27H33N3O4. The van der Waals surface area contributed by atoms with E-state index in [1.54, 1.807) is 25.1 Å². The van der Waals surface area contributed by atoms with Crippen molar-refractivity contribution in [3.63, 3.8) is 0 Å². The predicted molar refractivity (Wildman–Crippen MR) is 134 cm³/mol. The molecule has 1 atom stereocenters. The van der Waals surface area contributed by atoms with Crippen molar-refractivity contribution in [2.24, 2.45) is 5.92 Å². The van der Waals surface area contributed by atoms with Crippen LogP contribution in [-0.4, -0.2) is 43.3 Å². The van der Waals surface area contributed by atoms with Crippen molar-refractivity contribution in [2.45, 2.75) is 52.6 Å². The number of piperidine rings is 1. The fraction of sp³-hybridized carbons (Fsp3) is 0.444. The zero-order valence-corrected chi connectivity index (χ0v) is 20.2. The van der Waals surface area contributed by atoms with Crippen LogP contribution < -0.4 is 19.9 Å². The lowest BCUT2D eigenvalue weighted by Gasteiger charge is -2.33. The summed E-state index contributed by atoms with van der Waals surface area (Å²) in [7, 11) is 0. The van der Waals surface area contributed by atoms with Crippen LogP contribution in [0.5, 0.6) is 5.75 Å². The van der Waals surface area contributed by atoms with Gasteiger partial charge < -0.3 is 15.0 Å². The minimum atomic E-state index is -0.705. The van der Waals surface area contributed by atoms with E-state index >= 15 is 0 Å².